The summed E-state index contributed by atoms with van der Waals surface area (Å²) in [5.41, 5.74) is 3.90. The molecule has 37 heavy (non-hydrogen) atoms. The van der Waals surface area contributed by atoms with Crippen LogP contribution in [-0.4, -0.2) is 68.5 Å². The van der Waals surface area contributed by atoms with Gasteiger partial charge in [0, 0.05) is 43.8 Å². The highest BCUT2D eigenvalue weighted by atomic mass is 16.4. The smallest absolute Gasteiger partial charge is 0.335 e. The lowest BCUT2D eigenvalue weighted by molar-refractivity contribution is 0.0697. The Balaban J connectivity index is 1.52. The summed E-state index contributed by atoms with van der Waals surface area (Å²) in [4.78, 5) is 38.4. The highest BCUT2D eigenvalue weighted by molar-refractivity contribution is 5.88. The first kappa shape index (κ1) is 24.3. The van der Waals surface area contributed by atoms with E-state index in [0.717, 1.165) is 37.4 Å². The van der Waals surface area contributed by atoms with Crippen LogP contribution in [0.4, 0.5) is 17.3 Å². The van der Waals surface area contributed by atoms with E-state index in [1.807, 2.05) is 6.07 Å². The Kier molecular flexibility index (Phi) is 6.49. The summed E-state index contributed by atoms with van der Waals surface area (Å²) < 4.78 is 3.08. The van der Waals surface area contributed by atoms with Crippen LogP contribution in [0, 0.1) is 6.92 Å². The highest BCUT2D eigenvalue weighted by Crippen LogP contribution is 2.26. The molecular formula is C27H29N7O3. The number of carboxylic acid groups (broad SMARTS) is 1. The number of hydrogen-bond donors (Lipinski definition) is 2. The number of anilines is 3. The molecule has 0 bridgehead atoms. The van der Waals surface area contributed by atoms with E-state index in [1.54, 1.807) is 22.9 Å². The molecule has 5 rings (SSSR count). The van der Waals surface area contributed by atoms with Crippen LogP contribution < -0.4 is 15.8 Å². The van der Waals surface area contributed by atoms with Gasteiger partial charge >= 0.3 is 5.97 Å². The molecule has 0 unspecified atom stereocenters. The van der Waals surface area contributed by atoms with Crippen LogP contribution in [0.1, 0.15) is 15.9 Å². The lowest BCUT2D eigenvalue weighted by Crippen LogP contribution is -2.44. The van der Waals surface area contributed by atoms with E-state index in [4.69, 9.17) is 0 Å². The Hall–Kier alpha value is -4.44. The molecule has 3 heterocycles. The molecule has 0 spiro atoms. The summed E-state index contributed by atoms with van der Waals surface area (Å²) in [5.74, 6) is -0.721. The maximum Gasteiger partial charge on any atom is 0.335 e. The van der Waals surface area contributed by atoms with Crippen molar-refractivity contribution in [1.82, 2.24) is 24.2 Å². The number of nitrogens with one attached hydrogen (secondary N) is 1. The number of aromatic nitrogens is 4. The first-order valence-corrected chi connectivity index (χ1v) is 12.1. The zero-order valence-corrected chi connectivity index (χ0v) is 20.9. The third kappa shape index (κ3) is 4.70. The van der Waals surface area contributed by atoms with Crippen molar-refractivity contribution in [2.75, 3.05) is 43.4 Å². The van der Waals surface area contributed by atoms with E-state index in [9.17, 15) is 14.7 Å². The number of carbonyl (C=O) groups is 1. The molecule has 1 saturated heterocycles. The Morgan fingerprint density at radius 1 is 1.16 bits per heavy atom. The van der Waals surface area contributed by atoms with Gasteiger partial charge in [-0.3, -0.25) is 4.79 Å². The first-order valence-electron chi connectivity index (χ1n) is 12.1. The van der Waals surface area contributed by atoms with Crippen LogP contribution in [0.15, 0.2) is 66.1 Å². The topological polar surface area (TPSA) is 109 Å². The minimum absolute atomic E-state index is 0.111. The van der Waals surface area contributed by atoms with Gasteiger partial charge in [-0.15, -0.1) is 6.58 Å². The van der Waals surface area contributed by atoms with Gasteiger partial charge in [0.2, 0.25) is 5.95 Å². The molecule has 2 N–H and O–H groups in total. The minimum atomic E-state index is -1.05. The molecule has 1 fully saturated rings. The molecule has 0 radical (unpaired) electrons. The van der Waals surface area contributed by atoms with Crippen LogP contribution in [0.3, 0.4) is 0 Å². The Bertz CT molecular complexity index is 1550. The van der Waals surface area contributed by atoms with Crippen LogP contribution in [0.5, 0.6) is 0 Å². The molecule has 1 aliphatic heterocycles. The largest absolute Gasteiger partial charge is 0.478 e. The first-order chi connectivity index (χ1) is 17.9. The molecule has 0 aliphatic carbocycles. The van der Waals surface area contributed by atoms with E-state index < -0.39 is 5.97 Å². The Morgan fingerprint density at radius 2 is 1.95 bits per heavy atom. The quantitative estimate of drug-likeness (QED) is 0.373. The highest BCUT2D eigenvalue weighted by Gasteiger charge is 2.19. The van der Waals surface area contributed by atoms with E-state index >= 15 is 0 Å². The monoisotopic (exact) mass is 499 g/mol. The van der Waals surface area contributed by atoms with Crippen molar-refractivity contribution in [2.24, 2.45) is 0 Å². The third-order valence-electron chi connectivity index (χ3n) is 6.61. The molecule has 10 heteroatoms. The van der Waals surface area contributed by atoms with Gasteiger partial charge in [0.1, 0.15) is 5.39 Å². The van der Waals surface area contributed by atoms with Crippen LogP contribution in [-0.2, 0) is 6.54 Å². The van der Waals surface area contributed by atoms with Crippen LogP contribution in [0.2, 0.25) is 0 Å². The predicted octanol–water partition coefficient (Wildman–Crippen LogP) is 3.27. The fourth-order valence-corrected chi connectivity index (χ4v) is 4.67. The molecule has 0 saturated carbocycles. The van der Waals surface area contributed by atoms with Crippen molar-refractivity contribution in [3.05, 3.63) is 82.8 Å². The average Bonchev–Trinajstić information content (AvgIpc) is 3.16. The zero-order valence-electron chi connectivity index (χ0n) is 20.9. The van der Waals surface area contributed by atoms with Gasteiger partial charge < -0.3 is 20.2 Å². The number of piperazine rings is 1. The Morgan fingerprint density at radius 3 is 2.65 bits per heavy atom. The maximum absolute atomic E-state index is 13.1. The van der Waals surface area contributed by atoms with E-state index in [-0.39, 0.29) is 17.7 Å². The van der Waals surface area contributed by atoms with Crippen molar-refractivity contribution >= 4 is 34.3 Å². The third-order valence-corrected chi connectivity index (χ3v) is 6.61. The maximum atomic E-state index is 13.1. The summed E-state index contributed by atoms with van der Waals surface area (Å²) >= 11 is 0. The minimum Gasteiger partial charge on any atom is -0.478 e. The number of fused-ring (bicyclic) bond motifs is 1. The standard InChI is InChI=1S/C27H29N7O3/c1-4-10-33-25(35)22-17-28-27(30-24(22)34(33)21-7-5-6-19(16-21)26(36)37)29-20-8-9-23(18(2)15-20)32-13-11-31(3)12-14-32/h4-9,15-17H,1,10-14H2,2-3H3,(H,36,37)(H,28,29,30). The van der Waals surface area contributed by atoms with Gasteiger partial charge in [-0.25, -0.2) is 19.1 Å². The summed E-state index contributed by atoms with van der Waals surface area (Å²) in [5, 5.41) is 13.0. The number of allylic oxidation sites excluding steroid dienone is 1. The molecule has 2 aromatic heterocycles. The summed E-state index contributed by atoms with van der Waals surface area (Å²) in [7, 11) is 2.14. The molecule has 0 amide bonds. The molecule has 4 aromatic rings. The normalized spacial score (nSPS) is 14.2. The number of hydrogen-bond acceptors (Lipinski definition) is 7. The summed E-state index contributed by atoms with van der Waals surface area (Å²) in [6.07, 6.45) is 3.10. The fraction of sp³-hybridized carbons (Fsp3) is 0.259. The number of likely N-dealkylation sites (N-methyl/N-ethyl adjacent to an activating group) is 1. The number of rotatable bonds is 7. The average molecular weight is 500 g/mol. The summed E-state index contributed by atoms with van der Waals surface area (Å²) in [6.45, 7) is 10.1. The van der Waals surface area contributed by atoms with E-state index in [2.05, 4.69) is 57.8 Å². The van der Waals surface area contributed by atoms with Gasteiger partial charge in [0.15, 0.2) is 5.65 Å². The van der Waals surface area contributed by atoms with Crippen LogP contribution in [0.25, 0.3) is 16.7 Å². The zero-order chi connectivity index (χ0) is 26.1. The van der Waals surface area contributed by atoms with E-state index in [1.165, 1.54) is 28.7 Å². The fourth-order valence-electron chi connectivity index (χ4n) is 4.67. The van der Waals surface area contributed by atoms with Crippen molar-refractivity contribution < 1.29 is 9.90 Å². The lowest BCUT2D eigenvalue weighted by atomic mass is 10.1. The van der Waals surface area contributed by atoms with Gasteiger partial charge in [-0.05, 0) is 55.9 Å². The second-order valence-electron chi connectivity index (χ2n) is 9.19. The van der Waals surface area contributed by atoms with Gasteiger partial charge in [-0.1, -0.05) is 12.1 Å². The van der Waals surface area contributed by atoms with E-state index in [0.29, 0.717) is 22.7 Å². The van der Waals surface area contributed by atoms with Crippen molar-refractivity contribution in [1.29, 1.82) is 0 Å². The molecular weight excluding hydrogens is 470 g/mol. The second kappa shape index (κ2) is 9.90. The molecule has 10 nitrogen and oxygen atoms in total. The number of benzene rings is 2. The van der Waals surface area contributed by atoms with Gasteiger partial charge in [0.05, 0.1) is 17.8 Å². The SMILES string of the molecule is C=CCn1c(=O)c2cnc(Nc3ccc(N4CCN(C)CC4)c(C)c3)nc2n1-c1cccc(C(=O)O)c1. The van der Waals surface area contributed by atoms with Crippen molar-refractivity contribution in [3.63, 3.8) is 0 Å². The van der Waals surface area contributed by atoms with Gasteiger partial charge in [0.25, 0.3) is 5.56 Å². The second-order valence-corrected chi connectivity index (χ2v) is 9.19. The lowest BCUT2D eigenvalue weighted by Gasteiger charge is -2.35. The molecule has 190 valence electrons. The van der Waals surface area contributed by atoms with Crippen molar-refractivity contribution in [2.45, 2.75) is 13.5 Å². The predicted molar refractivity (Wildman–Crippen MR) is 144 cm³/mol. The summed E-state index contributed by atoms with van der Waals surface area (Å²) in [6, 6.07) is 12.6. The number of aryl methyl sites for hydroxylation is 1. The van der Waals surface area contributed by atoms with Crippen molar-refractivity contribution in [3.8, 4) is 5.69 Å². The van der Waals surface area contributed by atoms with Crippen LogP contribution >= 0.6 is 0 Å². The molecule has 0 atom stereocenters. The molecule has 1 aliphatic rings. The number of carboxylic acids is 1. The molecule has 2 aromatic carbocycles. The number of nitrogens with zero attached hydrogens (tertiary/aromatic N) is 6. The Labute approximate surface area is 214 Å². The number of aromatic carboxylic acids is 1. The van der Waals surface area contributed by atoms with Gasteiger partial charge in [-0.2, -0.15) is 4.98 Å².